The number of ether oxygens (including phenoxy) is 2. The van der Waals surface area contributed by atoms with Gasteiger partial charge >= 0.3 is 0 Å². The van der Waals surface area contributed by atoms with Gasteiger partial charge in [-0.1, -0.05) is 12.1 Å². The average Bonchev–Trinajstić information content (AvgIpc) is 2.99. The lowest BCUT2D eigenvalue weighted by Crippen LogP contribution is -2.36. The fourth-order valence-corrected chi connectivity index (χ4v) is 3.60. The van der Waals surface area contributed by atoms with E-state index in [-0.39, 0.29) is 5.91 Å². The summed E-state index contributed by atoms with van der Waals surface area (Å²) in [6, 6.07) is 15.2. The number of hydrogen-bond acceptors (Lipinski definition) is 6. The lowest BCUT2D eigenvalue weighted by atomic mass is 10.1. The molecule has 0 radical (unpaired) electrons. The van der Waals surface area contributed by atoms with E-state index in [1.807, 2.05) is 24.3 Å². The first kappa shape index (κ1) is 21.6. The van der Waals surface area contributed by atoms with Gasteiger partial charge in [-0.25, -0.2) is 0 Å². The predicted octanol–water partition coefficient (Wildman–Crippen LogP) is 2.72. The number of nitriles is 1. The third kappa shape index (κ3) is 5.96. The van der Waals surface area contributed by atoms with Crippen molar-refractivity contribution < 1.29 is 14.3 Å². The van der Waals surface area contributed by atoms with Crippen molar-refractivity contribution in [3.63, 3.8) is 0 Å². The molecule has 1 aliphatic heterocycles. The molecule has 1 amide bonds. The van der Waals surface area contributed by atoms with Crippen LogP contribution in [0.4, 0.5) is 5.69 Å². The van der Waals surface area contributed by atoms with Crippen molar-refractivity contribution in [3.8, 4) is 17.6 Å². The highest BCUT2D eigenvalue weighted by Crippen LogP contribution is 2.29. The van der Waals surface area contributed by atoms with Crippen LogP contribution in [0.25, 0.3) is 0 Å². The first-order valence-electron chi connectivity index (χ1n) is 10.1. The Morgan fingerprint density at radius 2 is 1.70 bits per heavy atom. The minimum atomic E-state index is -0.0391. The maximum absolute atomic E-state index is 12.5. The Morgan fingerprint density at radius 1 is 1.00 bits per heavy atom. The standard InChI is InChI=1S/C23H28N4O3/c1-29-21-9-8-20(14-22(21)30-2)25-23(28)17-27-11-3-10-26(12-13-27)16-19-6-4-18(15-24)5-7-19/h4-9,14H,3,10-13,16-17H2,1-2H3,(H,25,28). The molecule has 0 unspecified atom stereocenters. The number of carbonyl (C=O) groups excluding carboxylic acids is 1. The number of amides is 1. The van der Waals surface area contributed by atoms with Crippen molar-refractivity contribution in [1.29, 1.82) is 5.26 Å². The van der Waals surface area contributed by atoms with Crippen LogP contribution in [0.3, 0.4) is 0 Å². The van der Waals surface area contributed by atoms with E-state index in [1.54, 1.807) is 32.4 Å². The van der Waals surface area contributed by atoms with Crippen LogP contribution in [-0.4, -0.2) is 62.7 Å². The zero-order valence-corrected chi connectivity index (χ0v) is 17.6. The van der Waals surface area contributed by atoms with Gasteiger partial charge in [0, 0.05) is 31.4 Å². The normalized spacial score (nSPS) is 15.1. The van der Waals surface area contributed by atoms with Crippen molar-refractivity contribution in [2.45, 2.75) is 13.0 Å². The average molecular weight is 409 g/mol. The van der Waals surface area contributed by atoms with Crippen LogP contribution in [0.15, 0.2) is 42.5 Å². The van der Waals surface area contributed by atoms with Crippen LogP contribution in [0.5, 0.6) is 11.5 Å². The van der Waals surface area contributed by atoms with Gasteiger partial charge in [-0.3, -0.25) is 14.6 Å². The predicted molar refractivity (Wildman–Crippen MR) is 116 cm³/mol. The summed E-state index contributed by atoms with van der Waals surface area (Å²) in [6.07, 6.45) is 1.01. The van der Waals surface area contributed by atoms with Crippen LogP contribution in [-0.2, 0) is 11.3 Å². The summed E-state index contributed by atoms with van der Waals surface area (Å²) in [5.41, 5.74) is 2.57. The molecule has 0 bridgehead atoms. The van der Waals surface area contributed by atoms with Gasteiger partial charge in [0.1, 0.15) is 0 Å². The molecule has 1 aliphatic rings. The van der Waals surface area contributed by atoms with E-state index in [2.05, 4.69) is 21.2 Å². The molecule has 0 atom stereocenters. The summed E-state index contributed by atoms with van der Waals surface area (Å²) in [6.45, 7) is 4.85. The number of hydrogen-bond donors (Lipinski definition) is 1. The molecule has 1 fully saturated rings. The molecule has 1 saturated heterocycles. The van der Waals surface area contributed by atoms with Crippen molar-refractivity contribution in [3.05, 3.63) is 53.6 Å². The van der Waals surface area contributed by atoms with E-state index in [4.69, 9.17) is 14.7 Å². The molecular weight excluding hydrogens is 380 g/mol. The number of nitrogens with zero attached hydrogens (tertiary/aromatic N) is 3. The van der Waals surface area contributed by atoms with Gasteiger partial charge in [0.2, 0.25) is 5.91 Å². The van der Waals surface area contributed by atoms with Crippen LogP contribution >= 0.6 is 0 Å². The fraction of sp³-hybridized carbons (Fsp3) is 0.391. The van der Waals surface area contributed by atoms with Crippen LogP contribution < -0.4 is 14.8 Å². The highest BCUT2D eigenvalue weighted by Gasteiger charge is 2.18. The molecule has 7 nitrogen and oxygen atoms in total. The summed E-state index contributed by atoms with van der Waals surface area (Å²) in [5, 5.41) is 11.9. The molecule has 2 aromatic carbocycles. The van der Waals surface area contributed by atoms with E-state index in [9.17, 15) is 4.79 Å². The maximum Gasteiger partial charge on any atom is 0.238 e. The highest BCUT2D eigenvalue weighted by molar-refractivity contribution is 5.92. The molecule has 1 heterocycles. The lowest BCUT2D eigenvalue weighted by molar-refractivity contribution is -0.117. The number of nitrogens with one attached hydrogen (secondary N) is 1. The molecule has 1 N–H and O–H groups in total. The summed E-state index contributed by atoms with van der Waals surface area (Å²) in [7, 11) is 3.16. The minimum absolute atomic E-state index is 0.0391. The quantitative estimate of drug-likeness (QED) is 0.759. The van der Waals surface area contributed by atoms with Crippen LogP contribution in [0.2, 0.25) is 0 Å². The molecule has 7 heteroatoms. The van der Waals surface area contributed by atoms with E-state index in [0.29, 0.717) is 29.3 Å². The largest absolute Gasteiger partial charge is 0.493 e. The summed E-state index contributed by atoms with van der Waals surface area (Å²) in [5.74, 6) is 1.18. The minimum Gasteiger partial charge on any atom is -0.493 e. The van der Waals surface area contributed by atoms with Crippen LogP contribution in [0.1, 0.15) is 17.5 Å². The van der Waals surface area contributed by atoms with Crippen molar-refractivity contribution in [2.75, 3.05) is 52.3 Å². The van der Waals surface area contributed by atoms with Gasteiger partial charge in [-0.05, 0) is 49.3 Å². The van der Waals surface area contributed by atoms with Crippen LogP contribution in [0, 0.1) is 11.3 Å². The number of rotatable bonds is 7. The van der Waals surface area contributed by atoms with Gasteiger partial charge in [-0.2, -0.15) is 5.26 Å². The first-order chi connectivity index (χ1) is 14.6. The van der Waals surface area contributed by atoms with Crippen molar-refractivity contribution >= 4 is 11.6 Å². The Kier molecular flexibility index (Phi) is 7.66. The molecule has 30 heavy (non-hydrogen) atoms. The third-order valence-corrected chi connectivity index (χ3v) is 5.20. The fourth-order valence-electron chi connectivity index (χ4n) is 3.60. The second-order valence-corrected chi connectivity index (χ2v) is 7.33. The van der Waals surface area contributed by atoms with E-state index in [0.717, 1.165) is 39.1 Å². The Balaban J connectivity index is 1.49. The topological polar surface area (TPSA) is 77.8 Å². The smallest absolute Gasteiger partial charge is 0.238 e. The molecule has 0 aliphatic carbocycles. The van der Waals surface area contributed by atoms with Crippen molar-refractivity contribution in [2.24, 2.45) is 0 Å². The van der Waals surface area contributed by atoms with E-state index in [1.165, 1.54) is 5.56 Å². The number of methoxy groups -OCH3 is 2. The number of anilines is 1. The third-order valence-electron chi connectivity index (χ3n) is 5.20. The lowest BCUT2D eigenvalue weighted by Gasteiger charge is -2.21. The summed E-state index contributed by atoms with van der Waals surface area (Å²) >= 11 is 0. The van der Waals surface area contributed by atoms with Gasteiger partial charge in [-0.15, -0.1) is 0 Å². The molecule has 0 aromatic heterocycles. The number of carbonyl (C=O) groups is 1. The Morgan fingerprint density at radius 3 is 2.40 bits per heavy atom. The SMILES string of the molecule is COc1ccc(NC(=O)CN2CCCN(Cc3ccc(C#N)cc3)CC2)cc1OC. The van der Waals surface area contributed by atoms with Gasteiger partial charge in [0.05, 0.1) is 32.4 Å². The monoisotopic (exact) mass is 408 g/mol. The van der Waals surface area contributed by atoms with E-state index < -0.39 is 0 Å². The molecule has 3 rings (SSSR count). The Labute approximate surface area is 177 Å². The summed E-state index contributed by atoms with van der Waals surface area (Å²) < 4.78 is 10.5. The second-order valence-electron chi connectivity index (χ2n) is 7.33. The zero-order valence-electron chi connectivity index (χ0n) is 17.6. The number of benzene rings is 2. The maximum atomic E-state index is 12.5. The molecule has 0 spiro atoms. The highest BCUT2D eigenvalue weighted by atomic mass is 16.5. The van der Waals surface area contributed by atoms with Gasteiger partial charge in [0.25, 0.3) is 0 Å². The first-order valence-corrected chi connectivity index (χ1v) is 10.1. The molecular formula is C23H28N4O3. The van der Waals surface area contributed by atoms with Gasteiger partial charge < -0.3 is 14.8 Å². The Bertz CT molecular complexity index is 892. The zero-order chi connectivity index (χ0) is 21.3. The second kappa shape index (κ2) is 10.6. The van der Waals surface area contributed by atoms with E-state index >= 15 is 0 Å². The molecule has 0 saturated carbocycles. The molecule has 158 valence electrons. The summed E-state index contributed by atoms with van der Waals surface area (Å²) in [4.78, 5) is 17.1. The van der Waals surface area contributed by atoms with Gasteiger partial charge in [0.15, 0.2) is 11.5 Å². The Hall–Kier alpha value is -3.08. The molecule has 2 aromatic rings. The van der Waals surface area contributed by atoms with Crippen molar-refractivity contribution in [1.82, 2.24) is 9.80 Å².